The minimum atomic E-state index is 0.693. The first-order valence-electron chi connectivity index (χ1n) is 14.5. The van der Waals surface area contributed by atoms with Gasteiger partial charge in [0.15, 0.2) is 5.11 Å². The Kier molecular flexibility index (Phi) is 9.48. The molecule has 1 atom stereocenters. The van der Waals surface area contributed by atoms with Gasteiger partial charge in [-0.25, -0.2) is 4.98 Å². The van der Waals surface area contributed by atoms with Gasteiger partial charge in [0.25, 0.3) is 0 Å². The van der Waals surface area contributed by atoms with Crippen molar-refractivity contribution in [3.63, 3.8) is 0 Å². The van der Waals surface area contributed by atoms with Crippen molar-refractivity contribution in [3.8, 4) is 0 Å². The number of benzene rings is 1. The number of nitrogens with one attached hydrogen (secondary N) is 3. The Morgan fingerprint density at radius 3 is 2.57 bits per heavy atom. The molecule has 0 aliphatic carbocycles. The molecule has 4 heterocycles. The lowest BCUT2D eigenvalue weighted by Crippen LogP contribution is -2.49. The summed E-state index contributed by atoms with van der Waals surface area (Å²) in [5.41, 5.74) is 3.33. The highest BCUT2D eigenvalue weighted by Crippen LogP contribution is 2.26. The van der Waals surface area contributed by atoms with Crippen LogP contribution in [0.3, 0.4) is 0 Å². The highest BCUT2D eigenvalue weighted by atomic mass is 32.1. The number of piperidine rings is 1. The van der Waals surface area contributed by atoms with E-state index in [0.717, 1.165) is 62.2 Å². The lowest BCUT2D eigenvalue weighted by Gasteiger charge is -2.38. The molecule has 3 fully saturated rings. The van der Waals surface area contributed by atoms with Crippen molar-refractivity contribution in [2.24, 2.45) is 5.92 Å². The monoisotopic (exact) mass is 523 g/mol. The van der Waals surface area contributed by atoms with Gasteiger partial charge >= 0.3 is 0 Å². The second-order valence-corrected chi connectivity index (χ2v) is 11.6. The average molecular weight is 524 g/mol. The van der Waals surface area contributed by atoms with E-state index in [-0.39, 0.29) is 0 Å². The van der Waals surface area contributed by atoms with Crippen LogP contribution < -0.4 is 20.9 Å². The molecular weight excluding hydrogens is 478 g/mol. The first-order chi connectivity index (χ1) is 18.1. The van der Waals surface area contributed by atoms with E-state index in [1.165, 1.54) is 82.2 Å². The van der Waals surface area contributed by atoms with Crippen LogP contribution in [0, 0.1) is 12.8 Å². The number of nitrogens with zero attached hydrogens (tertiary/aromatic N) is 4. The zero-order valence-electron chi connectivity index (χ0n) is 22.6. The molecule has 202 valence electrons. The second kappa shape index (κ2) is 13.2. The number of fused-ring (bicyclic) bond motifs is 1. The van der Waals surface area contributed by atoms with E-state index in [1.807, 2.05) is 0 Å². The van der Waals surface area contributed by atoms with E-state index in [2.05, 4.69) is 61.8 Å². The minimum absolute atomic E-state index is 0.693. The number of aromatic nitrogens is 1. The highest BCUT2D eigenvalue weighted by molar-refractivity contribution is 7.80. The molecule has 2 aromatic rings. The zero-order valence-corrected chi connectivity index (χ0v) is 23.4. The van der Waals surface area contributed by atoms with Crippen LogP contribution in [0.1, 0.15) is 44.1 Å². The minimum Gasteiger partial charge on any atom is -0.361 e. The molecule has 7 nitrogen and oxygen atoms in total. The quantitative estimate of drug-likeness (QED) is 0.474. The summed E-state index contributed by atoms with van der Waals surface area (Å²) in [4.78, 5) is 12.7. The molecule has 0 spiro atoms. The van der Waals surface area contributed by atoms with Gasteiger partial charge in [0, 0.05) is 56.9 Å². The molecule has 3 N–H and O–H groups in total. The fourth-order valence-electron chi connectivity index (χ4n) is 6.08. The van der Waals surface area contributed by atoms with E-state index in [0.29, 0.717) is 5.11 Å². The summed E-state index contributed by atoms with van der Waals surface area (Å²) in [5, 5.41) is 12.2. The number of piperazine rings is 1. The van der Waals surface area contributed by atoms with Gasteiger partial charge in [-0.2, -0.15) is 0 Å². The maximum Gasteiger partial charge on any atom is 0.170 e. The lowest BCUT2D eigenvalue weighted by atomic mass is 9.99. The van der Waals surface area contributed by atoms with Gasteiger partial charge in [0.2, 0.25) is 0 Å². The third-order valence-corrected chi connectivity index (χ3v) is 8.53. The van der Waals surface area contributed by atoms with Crippen molar-refractivity contribution in [2.45, 2.75) is 45.4 Å². The summed E-state index contributed by atoms with van der Waals surface area (Å²) in [5.74, 6) is 1.92. The summed E-state index contributed by atoms with van der Waals surface area (Å²) in [6.45, 7) is 14.5. The number of pyridine rings is 1. The fraction of sp³-hybridized carbons (Fsp3) is 0.655. The second-order valence-electron chi connectivity index (χ2n) is 11.2. The standard InChI is InChI=1S/C29H45N7S/c1-23-19-28(36-17-15-35(16-18-36)22-24-7-6-10-30-21-24)33-27-9-8-25(20-26(23)27)32-29(37)31-11-14-34-12-4-2-3-5-13-34/h8-9,19-20,24,30H,2-7,10-18,21-22H2,1H3,(H2,31,32,37). The van der Waals surface area contributed by atoms with Gasteiger partial charge in [0.1, 0.15) is 5.82 Å². The van der Waals surface area contributed by atoms with Crippen LogP contribution in [0.2, 0.25) is 0 Å². The number of hydrogen-bond acceptors (Lipinski definition) is 6. The lowest BCUT2D eigenvalue weighted by molar-refractivity contribution is 0.198. The number of aryl methyl sites for hydroxylation is 1. The summed E-state index contributed by atoms with van der Waals surface area (Å²) in [6, 6.07) is 8.66. The molecule has 0 amide bonds. The van der Waals surface area contributed by atoms with Crippen LogP contribution in [0.5, 0.6) is 0 Å². The molecule has 37 heavy (non-hydrogen) atoms. The predicted molar refractivity (Wildman–Crippen MR) is 160 cm³/mol. The van der Waals surface area contributed by atoms with E-state index in [4.69, 9.17) is 17.2 Å². The molecule has 0 bridgehead atoms. The number of hydrogen-bond donors (Lipinski definition) is 3. The van der Waals surface area contributed by atoms with E-state index in [9.17, 15) is 0 Å². The Labute approximate surface area is 228 Å². The molecule has 8 heteroatoms. The van der Waals surface area contributed by atoms with Crippen molar-refractivity contribution in [2.75, 3.05) is 82.2 Å². The van der Waals surface area contributed by atoms with Crippen LogP contribution in [0.25, 0.3) is 10.9 Å². The van der Waals surface area contributed by atoms with Crippen LogP contribution in [0.15, 0.2) is 24.3 Å². The number of rotatable bonds is 7. The fourth-order valence-corrected chi connectivity index (χ4v) is 6.30. The molecule has 3 aliphatic heterocycles. The maximum absolute atomic E-state index is 5.58. The first kappa shape index (κ1) is 26.6. The smallest absolute Gasteiger partial charge is 0.170 e. The van der Waals surface area contributed by atoms with Crippen molar-refractivity contribution in [1.29, 1.82) is 0 Å². The van der Waals surface area contributed by atoms with E-state index < -0.39 is 0 Å². The topological polar surface area (TPSA) is 58.7 Å². The molecule has 1 aromatic carbocycles. The van der Waals surface area contributed by atoms with Crippen LogP contribution in [-0.4, -0.2) is 91.9 Å². The Balaban J connectivity index is 1.12. The van der Waals surface area contributed by atoms with Gasteiger partial charge < -0.3 is 25.8 Å². The number of likely N-dealkylation sites (tertiary alicyclic amines) is 1. The Morgan fingerprint density at radius 1 is 1.00 bits per heavy atom. The van der Waals surface area contributed by atoms with Crippen LogP contribution in [0.4, 0.5) is 11.5 Å². The number of anilines is 2. The zero-order chi connectivity index (χ0) is 25.5. The summed E-state index contributed by atoms with van der Waals surface area (Å²) >= 11 is 5.58. The van der Waals surface area contributed by atoms with Gasteiger partial charge in [-0.15, -0.1) is 0 Å². The highest BCUT2D eigenvalue weighted by Gasteiger charge is 2.22. The van der Waals surface area contributed by atoms with Crippen LogP contribution >= 0.6 is 12.2 Å². The Morgan fingerprint density at radius 2 is 1.81 bits per heavy atom. The van der Waals surface area contributed by atoms with Crippen molar-refractivity contribution in [3.05, 3.63) is 29.8 Å². The van der Waals surface area contributed by atoms with Crippen molar-refractivity contribution >= 4 is 39.7 Å². The molecule has 5 rings (SSSR count). The van der Waals surface area contributed by atoms with E-state index in [1.54, 1.807) is 0 Å². The number of thiocarbonyl (C=S) groups is 1. The summed E-state index contributed by atoms with van der Waals surface area (Å²) in [7, 11) is 0. The maximum atomic E-state index is 5.58. The first-order valence-corrected chi connectivity index (χ1v) is 14.9. The Hall–Kier alpha value is -2.00. The van der Waals surface area contributed by atoms with Crippen molar-refractivity contribution < 1.29 is 0 Å². The molecule has 3 saturated heterocycles. The third kappa shape index (κ3) is 7.53. The SMILES string of the molecule is Cc1cc(N2CCN(CC3CCCNC3)CC2)nc2ccc(NC(=S)NCCN3CCCCCC3)cc12. The predicted octanol–water partition coefficient (Wildman–Crippen LogP) is 3.83. The average Bonchev–Trinajstić information content (AvgIpc) is 3.19. The van der Waals surface area contributed by atoms with Crippen LogP contribution in [-0.2, 0) is 0 Å². The molecular formula is C29H45N7S. The van der Waals surface area contributed by atoms with Gasteiger partial charge in [-0.05, 0) is 107 Å². The van der Waals surface area contributed by atoms with Gasteiger partial charge in [0.05, 0.1) is 5.52 Å². The summed E-state index contributed by atoms with van der Waals surface area (Å²) < 4.78 is 0. The summed E-state index contributed by atoms with van der Waals surface area (Å²) in [6.07, 6.45) is 8.08. The van der Waals surface area contributed by atoms with Gasteiger partial charge in [-0.3, -0.25) is 4.90 Å². The third-order valence-electron chi connectivity index (χ3n) is 8.28. The Bertz CT molecular complexity index is 1020. The molecule has 0 saturated carbocycles. The molecule has 1 aromatic heterocycles. The normalized spacial score (nSPS) is 22.1. The molecule has 0 radical (unpaired) electrons. The largest absolute Gasteiger partial charge is 0.361 e. The van der Waals surface area contributed by atoms with Crippen molar-refractivity contribution in [1.82, 2.24) is 25.4 Å². The van der Waals surface area contributed by atoms with E-state index >= 15 is 0 Å². The van der Waals surface area contributed by atoms with Gasteiger partial charge in [-0.1, -0.05) is 12.8 Å². The molecule has 3 aliphatic rings. The molecule has 1 unspecified atom stereocenters.